The maximum absolute atomic E-state index is 13.0. The number of nitrogens with zero attached hydrogens (tertiary/aromatic N) is 1. The van der Waals surface area contributed by atoms with E-state index in [0.29, 0.717) is 23.9 Å². The van der Waals surface area contributed by atoms with Gasteiger partial charge in [0, 0.05) is 43.2 Å². The molecule has 0 spiro atoms. The Morgan fingerprint density at radius 3 is 2.81 bits per heavy atom. The summed E-state index contributed by atoms with van der Waals surface area (Å²) in [6, 6.07) is 12.0. The summed E-state index contributed by atoms with van der Waals surface area (Å²) in [7, 11) is 1.75. The molecule has 4 rings (SSSR count). The Hall–Kier alpha value is -2.40. The van der Waals surface area contributed by atoms with Crippen LogP contribution in [0.25, 0.3) is 0 Å². The Labute approximate surface area is 159 Å². The molecule has 142 valence electrons. The highest BCUT2D eigenvalue weighted by molar-refractivity contribution is 5.94. The predicted molar refractivity (Wildman–Crippen MR) is 103 cm³/mol. The van der Waals surface area contributed by atoms with Crippen molar-refractivity contribution in [2.75, 3.05) is 33.3 Å². The van der Waals surface area contributed by atoms with Crippen LogP contribution in [0.15, 0.2) is 42.5 Å². The summed E-state index contributed by atoms with van der Waals surface area (Å²) in [4.78, 5) is 14.6. The van der Waals surface area contributed by atoms with Crippen LogP contribution >= 0.6 is 0 Å². The van der Waals surface area contributed by atoms with Gasteiger partial charge >= 0.3 is 0 Å². The molecule has 0 saturated carbocycles. The van der Waals surface area contributed by atoms with Crippen molar-refractivity contribution in [3.8, 4) is 5.75 Å². The van der Waals surface area contributed by atoms with Gasteiger partial charge in [0.25, 0.3) is 5.91 Å². The number of carbonyl (C=O) groups is 1. The molecule has 1 saturated heterocycles. The van der Waals surface area contributed by atoms with Crippen molar-refractivity contribution in [1.29, 1.82) is 0 Å². The fourth-order valence-corrected chi connectivity index (χ4v) is 4.54. The SMILES string of the molecule is COc1cccc2c1[C@@H]1CN(CCNC(=O)c3ccc(F)cc3)C[C@H]1CC2. The number of aryl methyl sites for hydroxylation is 1. The third-order valence-corrected chi connectivity index (χ3v) is 5.87. The number of fused-ring (bicyclic) bond motifs is 3. The van der Waals surface area contributed by atoms with E-state index in [2.05, 4.69) is 28.4 Å². The summed E-state index contributed by atoms with van der Waals surface area (Å²) in [6.07, 6.45) is 2.33. The van der Waals surface area contributed by atoms with Gasteiger partial charge in [-0.05, 0) is 54.7 Å². The fourth-order valence-electron chi connectivity index (χ4n) is 4.54. The summed E-state index contributed by atoms with van der Waals surface area (Å²) in [6.45, 7) is 3.48. The number of likely N-dealkylation sites (tertiary alicyclic amines) is 1. The van der Waals surface area contributed by atoms with Gasteiger partial charge in [-0.3, -0.25) is 4.79 Å². The van der Waals surface area contributed by atoms with Crippen LogP contribution in [-0.4, -0.2) is 44.1 Å². The molecule has 4 nitrogen and oxygen atoms in total. The Bertz CT molecular complexity index is 807. The number of rotatable bonds is 5. The molecule has 2 aliphatic rings. The molecule has 0 aromatic heterocycles. The molecule has 1 N–H and O–H groups in total. The van der Waals surface area contributed by atoms with E-state index in [-0.39, 0.29) is 11.7 Å². The van der Waals surface area contributed by atoms with Gasteiger partial charge < -0.3 is 15.0 Å². The van der Waals surface area contributed by atoms with E-state index in [1.807, 2.05) is 0 Å². The molecule has 0 unspecified atom stereocenters. The summed E-state index contributed by atoms with van der Waals surface area (Å²) in [5.74, 6) is 1.69. The summed E-state index contributed by atoms with van der Waals surface area (Å²) in [5, 5.41) is 2.94. The maximum Gasteiger partial charge on any atom is 0.251 e. The number of hydrogen-bond acceptors (Lipinski definition) is 3. The Morgan fingerprint density at radius 2 is 2.04 bits per heavy atom. The van der Waals surface area contributed by atoms with Crippen molar-refractivity contribution >= 4 is 5.91 Å². The lowest BCUT2D eigenvalue weighted by Crippen LogP contribution is -2.34. The van der Waals surface area contributed by atoms with Crippen LogP contribution in [-0.2, 0) is 6.42 Å². The van der Waals surface area contributed by atoms with Gasteiger partial charge in [0.15, 0.2) is 0 Å². The van der Waals surface area contributed by atoms with Crippen molar-refractivity contribution in [3.05, 3.63) is 65.0 Å². The van der Waals surface area contributed by atoms with Gasteiger partial charge in [-0.2, -0.15) is 0 Å². The second-order valence-electron chi connectivity index (χ2n) is 7.46. The zero-order chi connectivity index (χ0) is 18.8. The number of methoxy groups -OCH3 is 1. The highest BCUT2D eigenvalue weighted by Gasteiger charge is 2.38. The maximum atomic E-state index is 13.0. The van der Waals surface area contributed by atoms with Crippen LogP contribution in [0.2, 0.25) is 0 Å². The van der Waals surface area contributed by atoms with E-state index < -0.39 is 0 Å². The fraction of sp³-hybridized carbons (Fsp3) is 0.409. The molecule has 1 heterocycles. The van der Waals surface area contributed by atoms with Crippen molar-refractivity contribution in [3.63, 3.8) is 0 Å². The number of benzene rings is 2. The largest absolute Gasteiger partial charge is 0.496 e. The normalized spacial score (nSPS) is 21.4. The first-order valence-corrected chi connectivity index (χ1v) is 9.57. The van der Waals surface area contributed by atoms with E-state index >= 15 is 0 Å². The first kappa shape index (κ1) is 18.0. The van der Waals surface area contributed by atoms with Crippen LogP contribution in [0.4, 0.5) is 4.39 Å². The molecule has 1 aliphatic carbocycles. The van der Waals surface area contributed by atoms with Gasteiger partial charge in [0.1, 0.15) is 11.6 Å². The second kappa shape index (κ2) is 7.69. The van der Waals surface area contributed by atoms with Crippen LogP contribution in [0.5, 0.6) is 5.75 Å². The van der Waals surface area contributed by atoms with E-state index in [1.54, 1.807) is 7.11 Å². The lowest BCUT2D eigenvalue weighted by Gasteiger charge is -2.28. The van der Waals surface area contributed by atoms with Crippen LogP contribution in [0.1, 0.15) is 33.8 Å². The molecule has 2 atom stereocenters. The minimum atomic E-state index is -0.332. The number of hydrogen-bond donors (Lipinski definition) is 1. The molecule has 1 amide bonds. The van der Waals surface area contributed by atoms with Crippen molar-refractivity contribution in [2.24, 2.45) is 5.92 Å². The van der Waals surface area contributed by atoms with Gasteiger partial charge in [-0.15, -0.1) is 0 Å². The predicted octanol–water partition coefficient (Wildman–Crippen LogP) is 3.23. The van der Waals surface area contributed by atoms with Crippen molar-refractivity contribution in [1.82, 2.24) is 10.2 Å². The van der Waals surface area contributed by atoms with Crippen LogP contribution in [0.3, 0.4) is 0 Å². The Balaban J connectivity index is 1.35. The molecular formula is C22H25FN2O2. The Kier molecular flexibility index (Phi) is 5.12. The average molecular weight is 368 g/mol. The van der Waals surface area contributed by atoms with E-state index in [9.17, 15) is 9.18 Å². The lowest BCUT2D eigenvalue weighted by atomic mass is 9.76. The summed E-state index contributed by atoms with van der Waals surface area (Å²) in [5.41, 5.74) is 3.29. The number of ether oxygens (including phenoxy) is 1. The average Bonchev–Trinajstić information content (AvgIpc) is 3.11. The van der Waals surface area contributed by atoms with Gasteiger partial charge in [0.05, 0.1) is 7.11 Å². The second-order valence-corrected chi connectivity index (χ2v) is 7.46. The standard InChI is InChI=1S/C22H25FN2O2/c1-27-20-4-2-3-15-5-6-17-13-25(14-19(17)21(15)20)12-11-24-22(26)16-7-9-18(23)10-8-16/h2-4,7-10,17,19H,5-6,11-14H2,1H3,(H,24,26)/t17-,19-/m1/s1. The minimum Gasteiger partial charge on any atom is -0.496 e. The first-order valence-electron chi connectivity index (χ1n) is 9.57. The van der Waals surface area contributed by atoms with Crippen LogP contribution in [0, 0.1) is 11.7 Å². The molecule has 1 fully saturated rings. The first-order chi connectivity index (χ1) is 13.2. The Morgan fingerprint density at radius 1 is 1.22 bits per heavy atom. The quantitative estimate of drug-likeness (QED) is 0.881. The summed E-state index contributed by atoms with van der Waals surface area (Å²) >= 11 is 0. The zero-order valence-electron chi connectivity index (χ0n) is 15.6. The third-order valence-electron chi connectivity index (χ3n) is 5.87. The van der Waals surface area contributed by atoms with Gasteiger partial charge in [-0.25, -0.2) is 4.39 Å². The lowest BCUT2D eigenvalue weighted by molar-refractivity contribution is 0.0949. The molecule has 27 heavy (non-hydrogen) atoms. The molecule has 2 aromatic rings. The van der Waals surface area contributed by atoms with Crippen LogP contribution < -0.4 is 10.1 Å². The third kappa shape index (κ3) is 3.69. The van der Waals surface area contributed by atoms with Gasteiger partial charge in [-0.1, -0.05) is 12.1 Å². The number of carbonyl (C=O) groups excluding carboxylic acids is 1. The number of amides is 1. The molecule has 5 heteroatoms. The van der Waals surface area contributed by atoms with Gasteiger partial charge in [0.2, 0.25) is 0 Å². The molecular weight excluding hydrogens is 343 g/mol. The highest BCUT2D eigenvalue weighted by Crippen LogP contribution is 2.45. The number of halogens is 1. The molecule has 0 bridgehead atoms. The van der Waals surface area contributed by atoms with E-state index in [1.165, 1.54) is 41.8 Å². The zero-order valence-corrected chi connectivity index (χ0v) is 15.6. The monoisotopic (exact) mass is 368 g/mol. The molecule has 1 aliphatic heterocycles. The highest BCUT2D eigenvalue weighted by atomic mass is 19.1. The smallest absolute Gasteiger partial charge is 0.251 e. The molecule has 0 radical (unpaired) electrons. The van der Waals surface area contributed by atoms with Crippen molar-refractivity contribution in [2.45, 2.75) is 18.8 Å². The van der Waals surface area contributed by atoms with E-state index in [0.717, 1.165) is 31.8 Å². The van der Waals surface area contributed by atoms with Crippen molar-refractivity contribution < 1.29 is 13.9 Å². The summed E-state index contributed by atoms with van der Waals surface area (Å²) < 4.78 is 18.6. The number of nitrogens with one attached hydrogen (secondary N) is 1. The topological polar surface area (TPSA) is 41.6 Å². The molecule has 2 aromatic carbocycles. The minimum absolute atomic E-state index is 0.154. The van der Waals surface area contributed by atoms with E-state index in [4.69, 9.17) is 4.74 Å².